The molecule has 0 unspecified atom stereocenters. The van der Waals surface area contributed by atoms with E-state index >= 15 is 0 Å². The predicted octanol–water partition coefficient (Wildman–Crippen LogP) is 4.06. The highest BCUT2D eigenvalue weighted by Gasteiger charge is 1.96. The molecule has 0 aliphatic heterocycles. The third kappa shape index (κ3) is 2.03. The molecule has 0 atom stereocenters. The smallest absolute Gasteiger partial charge is 0.0467 e. The van der Waals surface area contributed by atoms with Gasteiger partial charge in [-0.3, -0.25) is 0 Å². The van der Waals surface area contributed by atoms with Crippen molar-refractivity contribution in [2.24, 2.45) is 0 Å². The molecule has 1 heterocycles. The zero-order chi connectivity index (χ0) is 9.97. The predicted molar refractivity (Wildman–Crippen MR) is 62.1 cm³/mol. The summed E-state index contributed by atoms with van der Waals surface area (Å²) in [7, 11) is 0. The van der Waals surface area contributed by atoms with Gasteiger partial charge in [0.05, 0.1) is 0 Å². The van der Waals surface area contributed by atoms with Crippen LogP contribution in [0.1, 0.15) is 0 Å². The molecule has 1 N–H and O–H groups in total. The van der Waals surface area contributed by atoms with Crippen molar-refractivity contribution in [1.29, 1.82) is 0 Å². The van der Waals surface area contributed by atoms with Crippen molar-refractivity contribution >= 4 is 23.8 Å². The Morgan fingerprint density at radius 3 is 2.43 bits per heavy atom. The normalized spacial score (nSPS) is 10.1. The summed E-state index contributed by atoms with van der Waals surface area (Å²) >= 11 is 10.9. The Morgan fingerprint density at radius 2 is 1.79 bits per heavy atom. The van der Waals surface area contributed by atoms with E-state index in [2.05, 4.69) is 4.98 Å². The van der Waals surface area contributed by atoms with Crippen LogP contribution in [0.3, 0.4) is 0 Å². The van der Waals surface area contributed by atoms with Gasteiger partial charge in [-0.05, 0) is 29.8 Å². The van der Waals surface area contributed by atoms with Crippen LogP contribution < -0.4 is 0 Å². The quantitative estimate of drug-likeness (QED) is 0.718. The molecule has 1 aromatic carbocycles. The number of hydrogen-bond acceptors (Lipinski definition) is 1. The van der Waals surface area contributed by atoms with E-state index in [0.29, 0.717) is 0 Å². The summed E-state index contributed by atoms with van der Waals surface area (Å²) in [6.45, 7) is 0. The fourth-order valence-electron chi connectivity index (χ4n) is 1.24. The molecular formula is C11H8ClNS. The monoisotopic (exact) mass is 221 g/mol. The molecule has 1 nitrogen and oxygen atoms in total. The molecule has 70 valence electrons. The van der Waals surface area contributed by atoms with Gasteiger partial charge in [0, 0.05) is 21.4 Å². The van der Waals surface area contributed by atoms with Crippen molar-refractivity contribution in [3.63, 3.8) is 0 Å². The third-order valence-electron chi connectivity index (χ3n) is 1.93. The molecule has 1 aromatic heterocycles. The summed E-state index contributed by atoms with van der Waals surface area (Å²) in [5, 5.41) is 0.739. The highest BCUT2D eigenvalue weighted by atomic mass is 35.5. The van der Waals surface area contributed by atoms with Crippen LogP contribution in [0.2, 0.25) is 5.02 Å². The SMILES string of the molecule is S=c1cc[nH]c(-c2ccc(Cl)cc2)c1. The Bertz CT molecular complexity index is 487. The second-order valence-corrected chi connectivity index (χ2v) is 3.85. The van der Waals surface area contributed by atoms with E-state index in [9.17, 15) is 0 Å². The zero-order valence-electron chi connectivity index (χ0n) is 7.33. The van der Waals surface area contributed by atoms with Gasteiger partial charge in [-0.15, -0.1) is 0 Å². The van der Waals surface area contributed by atoms with E-state index in [0.717, 1.165) is 20.8 Å². The molecule has 0 aliphatic rings. The summed E-state index contributed by atoms with van der Waals surface area (Å²) in [5.74, 6) is 0. The van der Waals surface area contributed by atoms with E-state index < -0.39 is 0 Å². The Balaban J connectivity index is 2.50. The molecule has 0 fully saturated rings. The van der Waals surface area contributed by atoms with Crippen molar-refractivity contribution in [2.75, 3.05) is 0 Å². The topological polar surface area (TPSA) is 15.8 Å². The van der Waals surface area contributed by atoms with Crippen LogP contribution in [0.5, 0.6) is 0 Å². The van der Waals surface area contributed by atoms with E-state index in [1.54, 1.807) is 0 Å². The van der Waals surface area contributed by atoms with Gasteiger partial charge in [0.15, 0.2) is 0 Å². The molecule has 3 heteroatoms. The number of H-pyrrole nitrogens is 1. The largest absolute Gasteiger partial charge is 0.361 e. The van der Waals surface area contributed by atoms with E-state index in [-0.39, 0.29) is 0 Å². The summed E-state index contributed by atoms with van der Waals surface area (Å²) in [6.07, 6.45) is 1.84. The summed E-state index contributed by atoms with van der Waals surface area (Å²) in [6, 6.07) is 11.4. The summed E-state index contributed by atoms with van der Waals surface area (Å²) in [5.41, 5.74) is 2.09. The van der Waals surface area contributed by atoms with Crippen LogP contribution >= 0.6 is 23.8 Å². The third-order valence-corrected chi connectivity index (χ3v) is 2.43. The van der Waals surface area contributed by atoms with Crippen molar-refractivity contribution in [2.45, 2.75) is 0 Å². The average molecular weight is 222 g/mol. The van der Waals surface area contributed by atoms with Gasteiger partial charge in [-0.2, -0.15) is 0 Å². The Labute approximate surface area is 92.4 Å². The first kappa shape index (κ1) is 9.44. The average Bonchev–Trinajstić information content (AvgIpc) is 2.19. The Kier molecular flexibility index (Phi) is 2.66. The van der Waals surface area contributed by atoms with Gasteiger partial charge in [-0.1, -0.05) is 36.0 Å². The Morgan fingerprint density at radius 1 is 1.07 bits per heavy atom. The van der Waals surface area contributed by atoms with Gasteiger partial charge in [0.25, 0.3) is 0 Å². The number of hydrogen-bond donors (Lipinski definition) is 1. The van der Waals surface area contributed by atoms with E-state index in [1.165, 1.54) is 0 Å². The lowest BCUT2D eigenvalue weighted by Gasteiger charge is -2.00. The number of aromatic amines is 1. The fourth-order valence-corrected chi connectivity index (χ4v) is 1.55. The summed E-state index contributed by atoms with van der Waals surface area (Å²) < 4.78 is 0.828. The van der Waals surface area contributed by atoms with Crippen molar-refractivity contribution in [1.82, 2.24) is 4.98 Å². The van der Waals surface area contributed by atoms with Gasteiger partial charge in [0.2, 0.25) is 0 Å². The maximum atomic E-state index is 5.80. The summed E-state index contributed by atoms with van der Waals surface area (Å²) in [4.78, 5) is 3.14. The minimum atomic E-state index is 0.739. The Hall–Kier alpha value is -1.12. The molecule has 0 spiro atoms. The number of rotatable bonds is 1. The maximum Gasteiger partial charge on any atom is 0.0467 e. The molecule has 2 rings (SSSR count). The number of benzene rings is 1. The molecule has 0 saturated heterocycles. The number of halogens is 1. The standard InChI is InChI=1S/C11H8ClNS/c12-9-3-1-8(2-4-9)11-7-10(14)5-6-13-11/h1-7H,(H,13,14). The zero-order valence-corrected chi connectivity index (χ0v) is 8.90. The van der Waals surface area contributed by atoms with Crippen LogP contribution in [0.25, 0.3) is 11.3 Å². The van der Waals surface area contributed by atoms with E-state index in [1.807, 2.05) is 42.6 Å². The lowest BCUT2D eigenvalue weighted by molar-refractivity contribution is 1.32. The van der Waals surface area contributed by atoms with Gasteiger partial charge in [-0.25, -0.2) is 0 Å². The highest BCUT2D eigenvalue weighted by Crippen LogP contribution is 2.19. The van der Waals surface area contributed by atoms with E-state index in [4.69, 9.17) is 23.8 Å². The maximum absolute atomic E-state index is 5.80. The van der Waals surface area contributed by atoms with Crippen LogP contribution in [0.15, 0.2) is 42.6 Å². The highest BCUT2D eigenvalue weighted by molar-refractivity contribution is 7.71. The van der Waals surface area contributed by atoms with Crippen LogP contribution in [0.4, 0.5) is 0 Å². The van der Waals surface area contributed by atoms with Crippen molar-refractivity contribution < 1.29 is 0 Å². The number of pyridine rings is 1. The number of aromatic nitrogens is 1. The first-order valence-electron chi connectivity index (χ1n) is 4.20. The molecule has 0 aliphatic carbocycles. The molecular weight excluding hydrogens is 214 g/mol. The molecule has 0 radical (unpaired) electrons. The van der Waals surface area contributed by atoms with Crippen LogP contribution in [0, 0.1) is 4.51 Å². The lowest BCUT2D eigenvalue weighted by atomic mass is 10.1. The first-order valence-corrected chi connectivity index (χ1v) is 4.99. The second-order valence-electron chi connectivity index (χ2n) is 2.94. The van der Waals surface area contributed by atoms with Crippen molar-refractivity contribution in [3.8, 4) is 11.3 Å². The molecule has 14 heavy (non-hydrogen) atoms. The van der Waals surface area contributed by atoms with Gasteiger partial charge in [0.1, 0.15) is 0 Å². The molecule has 2 aromatic rings. The number of nitrogens with one attached hydrogen (secondary N) is 1. The first-order chi connectivity index (χ1) is 6.75. The minimum Gasteiger partial charge on any atom is -0.361 e. The van der Waals surface area contributed by atoms with Crippen LogP contribution in [-0.2, 0) is 0 Å². The molecule has 0 amide bonds. The molecule has 0 bridgehead atoms. The lowest BCUT2D eigenvalue weighted by Crippen LogP contribution is -1.81. The minimum absolute atomic E-state index is 0.739. The van der Waals surface area contributed by atoms with Gasteiger partial charge >= 0.3 is 0 Å². The van der Waals surface area contributed by atoms with Crippen LogP contribution in [-0.4, -0.2) is 4.98 Å². The van der Waals surface area contributed by atoms with Crippen molar-refractivity contribution in [3.05, 3.63) is 52.1 Å². The van der Waals surface area contributed by atoms with Gasteiger partial charge < -0.3 is 4.98 Å². The molecule has 0 saturated carbocycles. The fraction of sp³-hybridized carbons (Fsp3) is 0. The second kappa shape index (κ2) is 3.95.